The Kier molecular flexibility index (Phi) is 3.08. The molecular formula is C9H13N3O3. The summed E-state index contributed by atoms with van der Waals surface area (Å²) in [5.41, 5.74) is -0.626. The number of imide groups is 1. The van der Waals surface area contributed by atoms with E-state index >= 15 is 0 Å². The molecule has 1 aromatic rings. The lowest BCUT2D eigenvalue weighted by Crippen LogP contribution is -2.38. The van der Waals surface area contributed by atoms with Crippen molar-refractivity contribution in [2.45, 2.75) is 26.4 Å². The minimum absolute atomic E-state index is 0.596. The molecule has 0 bridgehead atoms. The van der Waals surface area contributed by atoms with E-state index in [1.165, 1.54) is 18.7 Å². The summed E-state index contributed by atoms with van der Waals surface area (Å²) < 4.78 is 6.04. The molecule has 0 saturated carbocycles. The van der Waals surface area contributed by atoms with Gasteiger partial charge in [-0.2, -0.15) is 0 Å². The number of nitrogens with zero attached hydrogens (tertiary/aromatic N) is 2. The largest absolute Gasteiger partial charge is 0.443 e. The van der Waals surface area contributed by atoms with Crippen molar-refractivity contribution < 1.29 is 14.3 Å². The zero-order valence-electron chi connectivity index (χ0n) is 8.85. The standard InChI is InChI=1S/C9H13N3O3/c1-9(2,3)15-8(14)11-7(13)12-5-4-10-6-12/h4-6H,1-3H3,(H,11,13,14). The van der Waals surface area contributed by atoms with Gasteiger partial charge in [0.05, 0.1) is 0 Å². The maximum Gasteiger partial charge on any atom is 0.415 e. The number of hydrogen-bond acceptors (Lipinski definition) is 4. The number of alkyl carbamates (subject to hydrolysis) is 1. The Labute approximate surface area is 87.2 Å². The zero-order valence-corrected chi connectivity index (χ0v) is 8.85. The Morgan fingerprint density at radius 1 is 1.40 bits per heavy atom. The highest BCUT2D eigenvalue weighted by molar-refractivity contribution is 5.91. The molecule has 2 amide bonds. The highest BCUT2D eigenvalue weighted by Crippen LogP contribution is 2.06. The van der Waals surface area contributed by atoms with Gasteiger partial charge < -0.3 is 4.74 Å². The first-order valence-electron chi connectivity index (χ1n) is 4.41. The smallest absolute Gasteiger partial charge is 0.415 e. The molecule has 0 atom stereocenters. The molecule has 15 heavy (non-hydrogen) atoms. The number of hydrogen-bond donors (Lipinski definition) is 1. The first-order valence-corrected chi connectivity index (χ1v) is 4.41. The van der Waals surface area contributed by atoms with Crippen LogP contribution in [-0.2, 0) is 4.74 Å². The lowest BCUT2D eigenvalue weighted by atomic mass is 10.2. The third-order valence-corrected chi connectivity index (χ3v) is 1.35. The quantitative estimate of drug-likeness (QED) is 0.703. The van der Waals surface area contributed by atoms with E-state index in [0.717, 1.165) is 4.57 Å². The summed E-state index contributed by atoms with van der Waals surface area (Å²) in [6, 6.07) is -0.596. The van der Waals surface area contributed by atoms with Gasteiger partial charge in [0.15, 0.2) is 0 Å². The molecule has 6 nitrogen and oxygen atoms in total. The second kappa shape index (κ2) is 4.12. The van der Waals surface area contributed by atoms with Gasteiger partial charge in [-0.3, -0.25) is 4.57 Å². The summed E-state index contributed by atoms with van der Waals surface area (Å²) >= 11 is 0. The lowest BCUT2D eigenvalue weighted by Gasteiger charge is -2.19. The first kappa shape index (κ1) is 11.2. The van der Waals surface area contributed by atoms with Crippen LogP contribution in [0.4, 0.5) is 9.59 Å². The van der Waals surface area contributed by atoms with Crippen molar-refractivity contribution in [3.05, 3.63) is 18.7 Å². The van der Waals surface area contributed by atoms with E-state index in [4.69, 9.17) is 4.74 Å². The fraction of sp³-hybridized carbons (Fsp3) is 0.444. The topological polar surface area (TPSA) is 73.2 Å². The third kappa shape index (κ3) is 3.80. The van der Waals surface area contributed by atoms with Crippen molar-refractivity contribution in [3.63, 3.8) is 0 Å². The van der Waals surface area contributed by atoms with Crippen LogP contribution in [0.25, 0.3) is 0 Å². The zero-order chi connectivity index (χ0) is 11.5. The van der Waals surface area contributed by atoms with Crippen LogP contribution in [0.15, 0.2) is 18.7 Å². The molecule has 0 aliphatic carbocycles. The van der Waals surface area contributed by atoms with Crippen LogP contribution in [0.3, 0.4) is 0 Å². The molecule has 0 unspecified atom stereocenters. The summed E-state index contributed by atoms with van der Waals surface area (Å²) in [6.07, 6.45) is 3.38. The average molecular weight is 211 g/mol. The monoisotopic (exact) mass is 211 g/mol. The molecule has 1 rings (SSSR count). The molecule has 0 aliphatic rings. The number of nitrogens with one attached hydrogen (secondary N) is 1. The number of aromatic nitrogens is 2. The summed E-state index contributed by atoms with van der Waals surface area (Å²) in [4.78, 5) is 26.2. The summed E-state index contributed by atoms with van der Waals surface area (Å²) in [6.45, 7) is 5.15. The van der Waals surface area contributed by atoms with Crippen LogP contribution in [0.5, 0.6) is 0 Å². The van der Waals surface area contributed by atoms with Gasteiger partial charge in [-0.05, 0) is 20.8 Å². The Balaban J connectivity index is 2.50. The van der Waals surface area contributed by atoms with Crippen LogP contribution in [-0.4, -0.2) is 27.3 Å². The normalized spacial score (nSPS) is 10.9. The van der Waals surface area contributed by atoms with E-state index in [1.54, 1.807) is 20.8 Å². The van der Waals surface area contributed by atoms with Crippen LogP contribution < -0.4 is 5.32 Å². The summed E-state index contributed by atoms with van der Waals surface area (Å²) in [7, 11) is 0. The van der Waals surface area contributed by atoms with Crippen molar-refractivity contribution in [1.29, 1.82) is 0 Å². The number of rotatable bonds is 0. The molecule has 1 heterocycles. The molecule has 6 heteroatoms. The predicted octanol–water partition coefficient (Wildman–Crippen LogP) is 1.38. The molecule has 0 spiro atoms. The van der Waals surface area contributed by atoms with Gasteiger partial charge in [-0.1, -0.05) is 0 Å². The van der Waals surface area contributed by atoms with Gasteiger partial charge in [0.2, 0.25) is 0 Å². The number of ether oxygens (including phenoxy) is 1. The SMILES string of the molecule is CC(C)(C)OC(=O)NC(=O)n1ccnc1. The molecule has 0 saturated heterocycles. The molecule has 1 N–H and O–H groups in total. The Morgan fingerprint density at radius 2 is 2.07 bits per heavy atom. The minimum Gasteiger partial charge on any atom is -0.443 e. The van der Waals surface area contributed by atoms with Crippen molar-refractivity contribution in [1.82, 2.24) is 14.9 Å². The predicted molar refractivity (Wildman–Crippen MR) is 52.4 cm³/mol. The number of imidazole rings is 1. The van der Waals surface area contributed by atoms with Crippen molar-refractivity contribution in [3.8, 4) is 0 Å². The lowest BCUT2D eigenvalue weighted by molar-refractivity contribution is 0.0547. The second-order valence-corrected chi connectivity index (χ2v) is 3.90. The van der Waals surface area contributed by atoms with E-state index in [-0.39, 0.29) is 0 Å². The minimum atomic E-state index is -0.777. The van der Waals surface area contributed by atoms with Gasteiger partial charge in [0.1, 0.15) is 11.9 Å². The highest BCUT2D eigenvalue weighted by atomic mass is 16.6. The number of carbonyl (C=O) groups excluding carboxylic acids is 2. The Bertz CT molecular complexity index is 351. The molecular weight excluding hydrogens is 198 g/mol. The Morgan fingerprint density at radius 3 is 2.53 bits per heavy atom. The van der Waals surface area contributed by atoms with E-state index in [1.807, 2.05) is 0 Å². The van der Waals surface area contributed by atoms with Crippen LogP contribution in [0.1, 0.15) is 20.8 Å². The molecule has 1 aromatic heterocycles. The van der Waals surface area contributed by atoms with Gasteiger partial charge in [0, 0.05) is 12.4 Å². The van der Waals surface area contributed by atoms with Gasteiger partial charge in [-0.25, -0.2) is 19.9 Å². The van der Waals surface area contributed by atoms with Crippen LogP contribution in [0.2, 0.25) is 0 Å². The summed E-state index contributed by atoms with van der Waals surface area (Å²) in [5.74, 6) is 0. The van der Waals surface area contributed by atoms with Crippen LogP contribution in [0, 0.1) is 0 Å². The maximum absolute atomic E-state index is 11.3. The third-order valence-electron chi connectivity index (χ3n) is 1.35. The molecule has 0 aliphatic heterocycles. The average Bonchev–Trinajstić information content (AvgIpc) is 2.50. The molecule has 0 aromatic carbocycles. The molecule has 82 valence electrons. The number of amides is 2. The number of carbonyl (C=O) groups is 2. The van der Waals surface area contributed by atoms with Crippen molar-refractivity contribution in [2.75, 3.05) is 0 Å². The van der Waals surface area contributed by atoms with E-state index in [2.05, 4.69) is 10.3 Å². The highest BCUT2D eigenvalue weighted by Gasteiger charge is 2.18. The van der Waals surface area contributed by atoms with E-state index in [9.17, 15) is 9.59 Å². The maximum atomic E-state index is 11.3. The van der Waals surface area contributed by atoms with E-state index < -0.39 is 17.7 Å². The van der Waals surface area contributed by atoms with Gasteiger partial charge in [-0.15, -0.1) is 0 Å². The molecule has 0 fully saturated rings. The fourth-order valence-corrected chi connectivity index (χ4v) is 0.835. The van der Waals surface area contributed by atoms with Crippen molar-refractivity contribution in [2.24, 2.45) is 0 Å². The van der Waals surface area contributed by atoms with E-state index in [0.29, 0.717) is 0 Å². The second-order valence-electron chi connectivity index (χ2n) is 3.90. The van der Waals surface area contributed by atoms with Crippen molar-refractivity contribution >= 4 is 12.1 Å². The summed E-state index contributed by atoms with van der Waals surface area (Å²) in [5, 5.41) is 2.06. The fourth-order valence-electron chi connectivity index (χ4n) is 0.835. The first-order chi connectivity index (χ1) is 6.88. The van der Waals surface area contributed by atoms with Gasteiger partial charge >= 0.3 is 12.1 Å². The Hall–Kier alpha value is -1.85. The van der Waals surface area contributed by atoms with Gasteiger partial charge in [0.25, 0.3) is 0 Å². The molecule has 0 radical (unpaired) electrons. The van der Waals surface area contributed by atoms with Crippen LogP contribution >= 0.6 is 0 Å².